The van der Waals surface area contributed by atoms with Crippen molar-refractivity contribution < 1.29 is 28.6 Å². The number of thioether (sulfide) groups is 1. The molecule has 0 radical (unpaired) electrons. The molecule has 1 N–H and O–H groups in total. The number of carbonyl (C=O) groups excluding carboxylic acids is 3. The zero-order valence-electron chi connectivity index (χ0n) is 24.3. The summed E-state index contributed by atoms with van der Waals surface area (Å²) in [7, 11) is 0. The molecule has 2 aliphatic rings. The van der Waals surface area contributed by atoms with Gasteiger partial charge in [0.25, 0.3) is 5.91 Å². The number of rotatable bonds is 9. The molecule has 5 rings (SSSR count). The largest absolute Gasteiger partial charge is 0.490 e. The normalized spacial score (nSPS) is 18.2. The standard InChI is InChI=1S/C34H34N2O6S/c1-34(2,3)42-33(39)35-27-30(37)36-28(25(22-43-31(27)36)18-13-21-40-26-19-11-6-12-20-26)32(38)41-29(23-14-7-4-8-15-23)24-16-9-5-10-17-24/h4-20,27,29,31H,21-22H2,1-3H3,(H,35,39)/b18-13-/t27-,31-/m1/s1. The van der Waals surface area contributed by atoms with Gasteiger partial charge in [0.2, 0.25) is 0 Å². The number of ether oxygens (including phenoxy) is 3. The van der Waals surface area contributed by atoms with Gasteiger partial charge in [-0.3, -0.25) is 9.69 Å². The molecule has 2 amide bonds. The summed E-state index contributed by atoms with van der Waals surface area (Å²) >= 11 is 1.46. The Morgan fingerprint density at radius 2 is 1.53 bits per heavy atom. The van der Waals surface area contributed by atoms with Gasteiger partial charge in [0.1, 0.15) is 35.1 Å². The topological polar surface area (TPSA) is 94.2 Å². The molecular formula is C34H34N2O6S. The van der Waals surface area contributed by atoms with Crippen LogP contribution in [-0.4, -0.2) is 52.2 Å². The molecule has 2 atom stereocenters. The number of nitrogens with zero attached hydrogens (tertiary/aromatic N) is 1. The van der Waals surface area contributed by atoms with Gasteiger partial charge in [0, 0.05) is 5.75 Å². The highest BCUT2D eigenvalue weighted by Gasteiger charge is 2.54. The summed E-state index contributed by atoms with van der Waals surface area (Å²) in [5.74, 6) is 0.115. The molecule has 2 heterocycles. The summed E-state index contributed by atoms with van der Waals surface area (Å²) in [6.07, 6.45) is 2.23. The molecule has 43 heavy (non-hydrogen) atoms. The van der Waals surface area contributed by atoms with Crippen molar-refractivity contribution in [2.75, 3.05) is 12.4 Å². The van der Waals surface area contributed by atoms with E-state index < -0.39 is 41.1 Å². The van der Waals surface area contributed by atoms with E-state index in [4.69, 9.17) is 14.2 Å². The van der Waals surface area contributed by atoms with Gasteiger partial charge in [-0.1, -0.05) is 84.9 Å². The number of β-lactam (4-membered cyclic amide) rings is 1. The van der Waals surface area contributed by atoms with Crippen LogP contribution in [-0.2, 0) is 19.1 Å². The Kier molecular flexibility index (Phi) is 9.21. The Balaban J connectivity index is 1.42. The van der Waals surface area contributed by atoms with Gasteiger partial charge < -0.3 is 19.5 Å². The second-order valence-electron chi connectivity index (χ2n) is 11.0. The summed E-state index contributed by atoms with van der Waals surface area (Å²) in [6.45, 7) is 5.54. The highest BCUT2D eigenvalue weighted by molar-refractivity contribution is 8.00. The van der Waals surface area contributed by atoms with Crippen LogP contribution in [0.2, 0.25) is 0 Å². The van der Waals surface area contributed by atoms with Gasteiger partial charge >= 0.3 is 12.1 Å². The Bertz CT molecular complexity index is 1460. The number of hydrogen-bond donors (Lipinski definition) is 1. The molecule has 0 saturated carbocycles. The summed E-state index contributed by atoms with van der Waals surface area (Å²) in [5.41, 5.74) is 1.68. The maximum Gasteiger partial charge on any atom is 0.408 e. The molecule has 2 aliphatic heterocycles. The molecule has 1 saturated heterocycles. The summed E-state index contributed by atoms with van der Waals surface area (Å²) in [4.78, 5) is 41.4. The van der Waals surface area contributed by atoms with E-state index in [9.17, 15) is 14.4 Å². The molecule has 3 aromatic carbocycles. The van der Waals surface area contributed by atoms with E-state index in [0.29, 0.717) is 11.3 Å². The van der Waals surface area contributed by atoms with Crippen molar-refractivity contribution in [1.29, 1.82) is 0 Å². The average molecular weight is 599 g/mol. The first-order valence-electron chi connectivity index (χ1n) is 14.0. The first kappa shape index (κ1) is 30.0. The minimum absolute atomic E-state index is 0.156. The third-order valence-electron chi connectivity index (χ3n) is 6.70. The number of carbonyl (C=O) groups is 3. The minimum Gasteiger partial charge on any atom is -0.490 e. The molecule has 0 spiro atoms. The third kappa shape index (κ3) is 7.29. The number of nitrogens with one attached hydrogen (secondary N) is 1. The summed E-state index contributed by atoms with van der Waals surface area (Å²) < 4.78 is 17.3. The molecule has 0 aromatic heterocycles. The predicted molar refractivity (Wildman–Crippen MR) is 165 cm³/mol. The van der Waals surface area contributed by atoms with Gasteiger partial charge in [-0.2, -0.15) is 0 Å². The van der Waals surface area contributed by atoms with E-state index in [1.807, 2.05) is 97.1 Å². The fourth-order valence-corrected chi connectivity index (χ4v) is 6.11. The quantitative estimate of drug-likeness (QED) is 0.238. The fourth-order valence-electron chi connectivity index (χ4n) is 4.79. The van der Waals surface area contributed by atoms with Crippen molar-refractivity contribution in [3.05, 3.63) is 126 Å². The van der Waals surface area contributed by atoms with Crippen molar-refractivity contribution in [1.82, 2.24) is 10.2 Å². The number of para-hydroxylation sites is 1. The van der Waals surface area contributed by atoms with Gasteiger partial charge in [-0.15, -0.1) is 11.8 Å². The van der Waals surface area contributed by atoms with Gasteiger partial charge in [-0.05, 0) is 55.7 Å². The smallest absolute Gasteiger partial charge is 0.408 e. The Hall–Kier alpha value is -4.50. The maximum absolute atomic E-state index is 14.0. The first-order valence-corrected chi connectivity index (χ1v) is 15.1. The lowest BCUT2D eigenvalue weighted by atomic mass is 10.0. The van der Waals surface area contributed by atoms with Crippen LogP contribution >= 0.6 is 11.8 Å². The third-order valence-corrected chi connectivity index (χ3v) is 8.00. The molecule has 0 aliphatic carbocycles. The number of esters is 1. The van der Waals surface area contributed by atoms with Crippen LogP contribution in [0.5, 0.6) is 5.75 Å². The lowest BCUT2D eigenvalue weighted by Gasteiger charge is -2.49. The lowest BCUT2D eigenvalue weighted by Crippen LogP contribution is -2.70. The van der Waals surface area contributed by atoms with Crippen molar-refractivity contribution in [2.24, 2.45) is 0 Å². The number of alkyl carbamates (subject to hydrolysis) is 1. The van der Waals surface area contributed by atoms with E-state index in [2.05, 4.69) is 5.32 Å². The number of hydrogen-bond acceptors (Lipinski definition) is 7. The average Bonchev–Trinajstić information content (AvgIpc) is 3.00. The zero-order valence-corrected chi connectivity index (χ0v) is 25.1. The Labute approximate surface area is 255 Å². The summed E-state index contributed by atoms with van der Waals surface area (Å²) in [6, 6.07) is 27.5. The zero-order chi connectivity index (χ0) is 30.4. The van der Waals surface area contributed by atoms with Crippen LogP contribution in [0.15, 0.2) is 114 Å². The Morgan fingerprint density at radius 3 is 2.12 bits per heavy atom. The van der Waals surface area contributed by atoms with Gasteiger partial charge in [0.05, 0.1) is 0 Å². The van der Waals surface area contributed by atoms with E-state index in [-0.39, 0.29) is 12.3 Å². The highest BCUT2D eigenvalue weighted by Crippen LogP contribution is 2.42. The van der Waals surface area contributed by atoms with Gasteiger partial charge in [-0.25, -0.2) is 9.59 Å². The fraction of sp³-hybridized carbons (Fsp3) is 0.265. The number of allylic oxidation sites excluding steroid dienone is 1. The molecule has 1 fully saturated rings. The summed E-state index contributed by atoms with van der Waals surface area (Å²) in [5, 5.41) is 2.19. The van der Waals surface area contributed by atoms with Crippen LogP contribution in [0.1, 0.15) is 38.0 Å². The monoisotopic (exact) mass is 598 g/mol. The predicted octanol–water partition coefficient (Wildman–Crippen LogP) is 6.02. The van der Waals surface area contributed by atoms with Crippen LogP contribution in [0.4, 0.5) is 4.79 Å². The number of fused-ring (bicyclic) bond motifs is 1. The van der Waals surface area contributed by atoms with Gasteiger partial charge in [0.15, 0.2) is 6.10 Å². The number of amides is 2. The Morgan fingerprint density at radius 1 is 0.953 bits per heavy atom. The molecule has 0 unspecified atom stereocenters. The van der Waals surface area contributed by atoms with Crippen LogP contribution < -0.4 is 10.1 Å². The van der Waals surface area contributed by atoms with Crippen molar-refractivity contribution in [3.63, 3.8) is 0 Å². The molecule has 8 nitrogen and oxygen atoms in total. The second kappa shape index (κ2) is 13.2. The second-order valence-corrected chi connectivity index (χ2v) is 12.1. The first-order chi connectivity index (χ1) is 20.7. The molecule has 3 aromatic rings. The van der Waals surface area contributed by atoms with Crippen LogP contribution in [0, 0.1) is 0 Å². The van der Waals surface area contributed by atoms with E-state index in [0.717, 1.165) is 16.9 Å². The molecule has 9 heteroatoms. The molecular weight excluding hydrogens is 564 g/mol. The van der Waals surface area contributed by atoms with Crippen molar-refractivity contribution in [2.45, 2.75) is 43.9 Å². The molecule has 222 valence electrons. The maximum atomic E-state index is 14.0. The SMILES string of the molecule is CC(C)(C)OC(=O)N[C@@H]1C(=O)N2C(C(=O)OC(c3ccccc3)c3ccccc3)=C(/C=C\COc3ccccc3)CS[C@H]12. The van der Waals surface area contributed by atoms with E-state index in [1.54, 1.807) is 26.8 Å². The van der Waals surface area contributed by atoms with Crippen LogP contribution in [0.25, 0.3) is 0 Å². The van der Waals surface area contributed by atoms with Crippen LogP contribution in [0.3, 0.4) is 0 Å². The lowest BCUT2D eigenvalue weighted by molar-refractivity contribution is -0.153. The minimum atomic E-state index is -0.825. The highest BCUT2D eigenvalue weighted by atomic mass is 32.2. The van der Waals surface area contributed by atoms with Crippen molar-refractivity contribution in [3.8, 4) is 5.75 Å². The molecule has 0 bridgehead atoms. The van der Waals surface area contributed by atoms with E-state index in [1.165, 1.54) is 16.7 Å². The number of benzene rings is 3. The van der Waals surface area contributed by atoms with Crippen molar-refractivity contribution >= 4 is 29.7 Å². The van der Waals surface area contributed by atoms with E-state index >= 15 is 0 Å².